The molecule has 11 N–H and O–H groups in total. The van der Waals surface area contributed by atoms with E-state index >= 15 is 0 Å². The molecule has 1 aromatic heterocycles. The summed E-state index contributed by atoms with van der Waals surface area (Å²) >= 11 is 0. The summed E-state index contributed by atoms with van der Waals surface area (Å²) in [7, 11) is 0. The predicted octanol–water partition coefficient (Wildman–Crippen LogP) is -2.30. The normalized spacial score (nSPS) is 14.0. The molecule has 0 aliphatic rings. The minimum atomic E-state index is -1.57. The maximum absolute atomic E-state index is 13.0. The van der Waals surface area contributed by atoms with Crippen molar-refractivity contribution in [2.45, 2.75) is 56.3 Å². The highest BCUT2D eigenvalue weighted by molar-refractivity contribution is 5.94. The summed E-state index contributed by atoms with van der Waals surface area (Å²) in [6.07, 6.45) is 0.244. The molecule has 0 saturated heterocycles. The molecule has 15 nitrogen and oxygen atoms in total. The molecule has 4 amide bonds. The van der Waals surface area contributed by atoms with E-state index in [4.69, 9.17) is 16.6 Å². The fraction of sp³-hybridized carbons (Fsp3) is 0.417. The third-order valence-corrected chi connectivity index (χ3v) is 5.85. The number of aromatic nitrogens is 1. The average Bonchev–Trinajstić information content (AvgIpc) is 3.29. The number of nitrogens with two attached hydrogens (primary N) is 2. The number of carboxylic acids is 2. The zero-order valence-corrected chi connectivity index (χ0v) is 20.9. The van der Waals surface area contributed by atoms with E-state index in [-0.39, 0.29) is 19.3 Å². The summed E-state index contributed by atoms with van der Waals surface area (Å²) in [6, 6.07) is 1.43. The van der Waals surface area contributed by atoms with Crippen LogP contribution < -0.4 is 27.4 Å². The Morgan fingerprint density at radius 1 is 0.846 bits per heavy atom. The molecule has 4 unspecified atom stereocenters. The number of para-hydroxylation sites is 1. The molecule has 1 aromatic carbocycles. The van der Waals surface area contributed by atoms with Gasteiger partial charge in [0, 0.05) is 36.4 Å². The first-order valence-corrected chi connectivity index (χ1v) is 12.0. The number of H-pyrrole nitrogens is 1. The summed E-state index contributed by atoms with van der Waals surface area (Å²) in [6.45, 7) is -0.897. The van der Waals surface area contributed by atoms with Gasteiger partial charge in [-0.15, -0.1) is 0 Å². The topological polar surface area (TPSA) is 267 Å². The van der Waals surface area contributed by atoms with Crippen molar-refractivity contribution in [3.05, 3.63) is 36.0 Å². The lowest BCUT2D eigenvalue weighted by Gasteiger charge is -2.24. The minimum absolute atomic E-state index is 0.108. The second kappa shape index (κ2) is 14.4. The Morgan fingerprint density at radius 2 is 1.46 bits per heavy atom. The highest BCUT2D eigenvalue weighted by Gasteiger charge is 2.31. The molecule has 2 aromatic rings. The van der Waals surface area contributed by atoms with Crippen molar-refractivity contribution in [1.29, 1.82) is 0 Å². The number of carbonyl (C=O) groups is 6. The number of carbonyl (C=O) groups excluding carboxylic acids is 4. The standard InChI is InChI=1S/C24H32N6O9/c25-14(5-7-19(26)32)21(35)30-18(11-31)23(37)28-16(6-8-20(33)34)22(36)29-17(24(38)39)9-12-10-27-15-4-2-1-3-13(12)15/h1-4,10,14,16-18,27,31H,5-9,11,25H2,(H2,26,32)(H,28,37)(H,29,36)(H,30,35)(H,33,34)(H,38,39). The summed E-state index contributed by atoms with van der Waals surface area (Å²) in [5.41, 5.74) is 12.0. The predicted molar refractivity (Wildman–Crippen MR) is 136 cm³/mol. The van der Waals surface area contributed by atoms with E-state index in [1.54, 1.807) is 30.5 Å². The van der Waals surface area contributed by atoms with Crippen LogP contribution in [-0.4, -0.2) is 86.6 Å². The van der Waals surface area contributed by atoms with Gasteiger partial charge in [-0.05, 0) is 24.5 Å². The molecule has 15 heteroatoms. The molecule has 2 rings (SSSR count). The van der Waals surface area contributed by atoms with Gasteiger partial charge in [-0.1, -0.05) is 18.2 Å². The number of primary amides is 1. The number of aromatic amines is 1. The van der Waals surface area contributed by atoms with Gasteiger partial charge in [0.25, 0.3) is 0 Å². The SMILES string of the molecule is NC(=O)CCC(N)C(=O)NC(CO)C(=O)NC(CCC(=O)O)C(=O)NC(Cc1c[nH]c2ccccc12)C(=O)O. The van der Waals surface area contributed by atoms with E-state index in [1.165, 1.54) is 0 Å². The van der Waals surface area contributed by atoms with Crippen molar-refractivity contribution >= 4 is 46.5 Å². The average molecular weight is 549 g/mol. The lowest BCUT2D eigenvalue weighted by Crippen LogP contribution is -2.58. The van der Waals surface area contributed by atoms with Crippen LogP contribution in [0.5, 0.6) is 0 Å². The quantitative estimate of drug-likeness (QED) is 0.108. The first kappa shape index (κ1) is 30.7. The number of fused-ring (bicyclic) bond motifs is 1. The van der Waals surface area contributed by atoms with Crippen LogP contribution in [0, 0.1) is 0 Å². The number of hydrogen-bond acceptors (Lipinski definition) is 8. The van der Waals surface area contributed by atoms with Crippen LogP contribution in [-0.2, 0) is 35.2 Å². The number of carboxylic acid groups (broad SMARTS) is 2. The Hall–Kier alpha value is -4.50. The summed E-state index contributed by atoms with van der Waals surface area (Å²) in [4.78, 5) is 74.9. The Kier molecular flexibility index (Phi) is 11.4. The van der Waals surface area contributed by atoms with Crippen LogP contribution in [0.3, 0.4) is 0 Å². The Morgan fingerprint density at radius 3 is 2.08 bits per heavy atom. The third-order valence-electron chi connectivity index (χ3n) is 5.85. The monoisotopic (exact) mass is 548 g/mol. The van der Waals surface area contributed by atoms with Crippen molar-refractivity contribution in [3.63, 3.8) is 0 Å². The third kappa shape index (κ3) is 9.39. The van der Waals surface area contributed by atoms with Gasteiger partial charge in [0.2, 0.25) is 23.6 Å². The molecule has 0 aliphatic carbocycles. The number of rotatable bonds is 16. The van der Waals surface area contributed by atoms with Crippen molar-refractivity contribution < 1.29 is 44.1 Å². The lowest BCUT2D eigenvalue weighted by atomic mass is 10.0. The molecule has 0 fully saturated rings. The van der Waals surface area contributed by atoms with Gasteiger partial charge in [0.05, 0.1) is 12.6 Å². The van der Waals surface area contributed by atoms with Gasteiger partial charge in [-0.2, -0.15) is 0 Å². The molecular weight excluding hydrogens is 516 g/mol. The number of aliphatic carboxylic acids is 2. The van der Waals surface area contributed by atoms with Crippen molar-refractivity contribution in [3.8, 4) is 0 Å². The number of benzene rings is 1. The van der Waals surface area contributed by atoms with Gasteiger partial charge >= 0.3 is 11.9 Å². The van der Waals surface area contributed by atoms with Crippen molar-refractivity contribution in [2.24, 2.45) is 11.5 Å². The van der Waals surface area contributed by atoms with E-state index in [0.29, 0.717) is 5.56 Å². The second-order valence-electron chi connectivity index (χ2n) is 8.81. The number of aliphatic hydroxyl groups excluding tert-OH is 1. The maximum atomic E-state index is 13.0. The van der Waals surface area contributed by atoms with E-state index in [1.807, 2.05) is 0 Å². The van der Waals surface area contributed by atoms with Gasteiger partial charge in [-0.25, -0.2) is 4.79 Å². The Labute approximate surface area is 222 Å². The molecule has 0 aliphatic heterocycles. The van der Waals surface area contributed by atoms with Crippen molar-refractivity contribution in [2.75, 3.05) is 6.61 Å². The lowest BCUT2D eigenvalue weighted by molar-refractivity contribution is -0.143. The van der Waals surface area contributed by atoms with Crippen LogP contribution in [0.2, 0.25) is 0 Å². The molecule has 212 valence electrons. The number of nitrogens with one attached hydrogen (secondary N) is 4. The van der Waals surface area contributed by atoms with E-state index in [2.05, 4.69) is 20.9 Å². The molecule has 0 radical (unpaired) electrons. The van der Waals surface area contributed by atoms with Gasteiger partial charge in [0.15, 0.2) is 0 Å². The fourth-order valence-electron chi connectivity index (χ4n) is 3.70. The summed E-state index contributed by atoms with van der Waals surface area (Å²) in [5, 5.41) is 35.9. The molecule has 4 atom stereocenters. The summed E-state index contributed by atoms with van der Waals surface area (Å²) in [5.74, 6) is -6.21. The first-order chi connectivity index (χ1) is 18.4. The molecular formula is C24H32N6O9. The minimum Gasteiger partial charge on any atom is -0.481 e. The molecule has 0 saturated carbocycles. The van der Waals surface area contributed by atoms with Gasteiger partial charge in [0.1, 0.15) is 18.1 Å². The van der Waals surface area contributed by atoms with E-state index < -0.39 is 79.2 Å². The zero-order chi connectivity index (χ0) is 29.1. The van der Waals surface area contributed by atoms with Crippen LogP contribution in [0.15, 0.2) is 30.5 Å². The number of hydrogen-bond donors (Lipinski definition) is 9. The molecule has 0 bridgehead atoms. The largest absolute Gasteiger partial charge is 0.481 e. The highest BCUT2D eigenvalue weighted by atomic mass is 16.4. The second-order valence-corrected chi connectivity index (χ2v) is 8.81. The highest BCUT2D eigenvalue weighted by Crippen LogP contribution is 2.19. The number of aliphatic hydroxyl groups is 1. The summed E-state index contributed by atoms with van der Waals surface area (Å²) < 4.78 is 0. The Balaban J connectivity index is 2.12. The molecule has 39 heavy (non-hydrogen) atoms. The van der Waals surface area contributed by atoms with Crippen LogP contribution in [0.4, 0.5) is 0 Å². The Bertz CT molecular complexity index is 1210. The molecule has 0 spiro atoms. The maximum Gasteiger partial charge on any atom is 0.326 e. The van der Waals surface area contributed by atoms with Crippen LogP contribution >= 0.6 is 0 Å². The van der Waals surface area contributed by atoms with Crippen LogP contribution in [0.25, 0.3) is 10.9 Å². The smallest absolute Gasteiger partial charge is 0.326 e. The first-order valence-electron chi connectivity index (χ1n) is 12.0. The van der Waals surface area contributed by atoms with E-state index in [0.717, 1.165) is 10.9 Å². The van der Waals surface area contributed by atoms with Gasteiger partial charge in [-0.3, -0.25) is 24.0 Å². The number of amides is 4. The van der Waals surface area contributed by atoms with Crippen molar-refractivity contribution in [1.82, 2.24) is 20.9 Å². The molecule has 1 heterocycles. The van der Waals surface area contributed by atoms with Crippen LogP contribution in [0.1, 0.15) is 31.2 Å². The zero-order valence-electron chi connectivity index (χ0n) is 20.9. The van der Waals surface area contributed by atoms with E-state index in [9.17, 15) is 39.0 Å². The fourth-order valence-corrected chi connectivity index (χ4v) is 3.70. The van der Waals surface area contributed by atoms with Gasteiger partial charge < -0.3 is 47.7 Å².